The summed E-state index contributed by atoms with van der Waals surface area (Å²) in [6, 6.07) is 3.47. The quantitative estimate of drug-likeness (QED) is 0.881. The highest BCUT2D eigenvalue weighted by molar-refractivity contribution is 5.94. The molecule has 0 unspecified atom stereocenters. The molecule has 0 atom stereocenters. The molecule has 0 bridgehead atoms. The summed E-state index contributed by atoms with van der Waals surface area (Å²) in [5.74, 6) is 2.01. The van der Waals surface area contributed by atoms with E-state index >= 15 is 0 Å². The molecule has 0 saturated heterocycles. The average molecular weight is 284 g/mol. The number of carbonyl (C=O) groups is 1. The summed E-state index contributed by atoms with van der Waals surface area (Å²) in [6.45, 7) is 0.322. The maximum absolute atomic E-state index is 12.0. The highest BCUT2D eigenvalue weighted by Gasteiger charge is 2.25. The molecule has 108 valence electrons. The van der Waals surface area contributed by atoms with Gasteiger partial charge in [-0.3, -0.25) is 4.79 Å². The molecule has 1 saturated carbocycles. The highest BCUT2D eigenvalue weighted by atomic mass is 16.1. The highest BCUT2D eigenvalue weighted by Crippen LogP contribution is 2.34. The fourth-order valence-corrected chi connectivity index (χ4v) is 2.40. The molecule has 7 heteroatoms. The number of aromatic amines is 1. The van der Waals surface area contributed by atoms with Crippen LogP contribution in [0.3, 0.4) is 0 Å². The molecule has 2 aromatic heterocycles. The fraction of sp³-hybridized carbons (Fsp3) is 0.429. The SMILES string of the molecule is Cn1c(CNC(=O)c2c[nH]c(C#N)c2)nnc1C1CCC1. The molecule has 0 radical (unpaired) electrons. The van der Waals surface area contributed by atoms with Gasteiger partial charge in [-0.25, -0.2) is 0 Å². The number of hydrogen-bond acceptors (Lipinski definition) is 4. The van der Waals surface area contributed by atoms with Gasteiger partial charge in [0.15, 0.2) is 5.82 Å². The Morgan fingerprint density at radius 1 is 1.57 bits per heavy atom. The Labute approximate surface area is 122 Å². The maximum Gasteiger partial charge on any atom is 0.253 e. The molecular weight excluding hydrogens is 268 g/mol. The molecule has 1 aliphatic rings. The molecule has 2 N–H and O–H groups in total. The number of hydrogen-bond donors (Lipinski definition) is 2. The van der Waals surface area contributed by atoms with E-state index < -0.39 is 0 Å². The summed E-state index contributed by atoms with van der Waals surface area (Å²) < 4.78 is 1.96. The van der Waals surface area contributed by atoms with Gasteiger partial charge in [-0.15, -0.1) is 10.2 Å². The van der Waals surface area contributed by atoms with Crippen molar-refractivity contribution >= 4 is 5.91 Å². The molecule has 3 rings (SSSR count). The predicted octanol–water partition coefficient (Wildman–Crippen LogP) is 1.21. The van der Waals surface area contributed by atoms with Crippen LogP contribution in [0.2, 0.25) is 0 Å². The zero-order chi connectivity index (χ0) is 14.8. The van der Waals surface area contributed by atoms with Gasteiger partial charge in [0.1, 0.15) is 17.6 Å². The minimum absolute atomic E-state index is 0.235. The molecule has 2 heterocycles. The molecule has 1 aliphatic carbocycles. The first-order chi connectivity index (χ1) is 10.2. The molecule has 0 aromatic carbocycles. The lowest BCUT2D eigenvalue weighted by Gasteiger charge is -2.24. The number of H-pyrrole nitrogens is 1. The van der Waals surface area contributed by atoms with Gasteiger partial charge in [-0.2, -0.15) is 5.26 Å². The van der Waals surface area contributed by atoms with Crippen molar-refractivity contribution in [3.05, 3.63) is 35.2 Å². The largest absolute Gasteiger partial charge is 0.352 e. The van der Waals surface area contributed by atoms with Crippen LogP contribution in [0.4, 0.5) is 0 Å². The Bertz CT molecular complexity index is 703. The van der Waals surface area contributed by atoms with Gasteiger partial charge >= 0.3 is 0 Å². The second-order valence-electron chi connectivity index (χ2n) is 5.26. The van der Waals surface area contributed by atoms with Crippen molar-refractivity contribution in [3.8, 4) is 6.07 Å². The number of carbonyl (C=O) groups excluding carboxylic acids is 1. The fourth-order valence-electron chi connectivity index (χ4n) is 2.40. The van der Waals surface area contributed by atoms with Crippen molar-refractivity contribution in [3.63, 3.8) is 0 Å². The monoisotopic (exact) mass is 284 g/mol. The Kier molecular flexibility index (Phi) is 3.44. The number of nitrogens with zero attached hydrogens (tertiary/aromatic N) is 4. The molecule has 0 aliphatic heterocycles. The second-order valence-corrected chi connectivity index (χ2v) is 5.26. The van der Waals surface area contributed by atoms with E-state index in [2.05, 4.69) is 20.5 Å². The molecule has 1 amide bonds. The van der Waals surface area contributed by atoms with Crippen LogP contribution in [0.25, 0.3) is 0 Å². The van der Waals surface area contributed by atoms with Gasteiger partial charge in [0.2, 0.25) is 0 Å². The lowest BCUT2D eigenvalue weighted by atomic mass is 9.85. The zero-order valence-corrected chi connectivity index (χ0v) is 11.8. The Morgan fingerprint density at radius 3 is 3.00 bits per heavy atom. The lowest BCUT2D eigenvalue weighted by Crippen LogP contribution is -2.24. The van der Waals surface area contributed by atoms with E-state index in [-0.39, 0.29) is 5.91 Å². The van der Waals surface area contributed by atoms with E-state index in [0.717, 1.165) is 11.6 Å². The van der Waals surface area contributed by atoms with Gasteiger partial charge in [0, 0.05) is 19.2 Å². The summed E-state index contributed by atoms with van der Waals surface area (Å²) in [6.07, 6.45) is 5.10. The first-order valence-electron chi connectivity index (χ1n) is 6.94. The molecule has 0 spiro atoms. The first kappa shape index (κ1) is 13.4. The minimum atomic E-state index is -0.235. The van der Waals surface area contributed by atoms with Crippen LogP contribution in [-0.4, -0.2) is 25.7 Å². The molecule has 1 fully saturated rings. The number of nitriles is 1. The van der Waals surface area contributed by atoms with Crippen LogP contribution in [0, 0.1) is 11.3 Å². The normalized spacial score (nSPS) is 14.5. The smallest absolute Gasteiger partial charge is 0.253 e. The van der Waals surface area contributed by atoms with Gasteiger partial charge in [-0.1, -0.05) is 6.42 Å². The Balaban J connectivity index is 1.63. The van der Waals surface area contributed by atoms with E-state index in [9.17, 15) is 4.79 Å². The zero-order valence-electron chi connectivity index (χ0n) is 11.8. The lowest BCUT2D eigenvalue weighted by molar-refractivity contribution is 0.0949. The van der Waals surface area contributed by atoms with Crippen LogP contribution >= 0.6 is 0 Å². The van der Waals surface area contributed by atoms with E-state index in [1.807, 2.05) is 17.7 Å². The third-order valence-corrected chi connectivity index (χ3v) is 3.94. The summed E-state index contributed by atoms with van der Waals surface area (Å²) in [4.78, 5) is 14.7. The van der Waals surface area contributed by atoms with Gasteiger partial charge in [-0.05, 0) is 18.9 Å². The number of nitrogens with one attached hydrogen (secondary N) is 2. The van der Waals surface area contributed by atoms with Crippen LogP contribution in [0.1, 0.15) is 52.9 Å². The third-order valence-electron chi connectivity index (χ3n) is 3.94. The number of aromatic nitrogens is 4. The van der Waals surface area contributed by atoms with Crippen LogP contribution in [-0.2, 0) is 13.6 Å². The molecule has 2 aromatic rings. The van der Waals surface area contributed by atoms with Crippen molar-refractivity contribution in [2.45, 2.75) is 31.7 Å². The van der Waals surface area contributed by atoms with E-state index in [0.29, 0.717) is 23.7 Å². The first-order valence-corrected chi connectivity index (χ1v) is 6.94. The van der Waals surface area contributed by atoms with E-state index in [1.54, 1.807) is 0 Å². The van der Waals surface area contributed by atoms with Crippen LogP contribution in [0.5, 0.6) is 0 Å². The van der Waals surface area contributed by atoms with E-state index in [1.165, 1.54) is 31.5 Å². The Hall–Kier alpha value is -2.62. The van der Waals surface area contributed by atoms with Crippen molar-refractivity contribution in [1.29, 1.82) is 5.26 Å². The van der Waals surface area contributed by atoms with Crippen molar-refractivity contribution in [1.82, 2.24) is 25.1 Å². The maximum atomic E-state index is 12.0. The van der Waals surface area contributed by atoms with Crippen molar-refractivity contribution in [2.24, 2.45) is 7.05 Å². The summed E-state index contributed by atoms with van der Waals surface area (Å²) in [7, 11) is 1.93. The molecular formula is C14H16N6O. The van der Waals surface area contributed by atoms with Crippen LogP contribution in [0.15, 0.2) is 12.3 Å². The minimum Gasteiger partial charge on any atom is -0.352 e. The van der Waals surface area contributed by atoms with Gasteiger partial charge in [0.25, 0.3) is 5.91 Å². The number of amides is 1. The third kappa shape index (κ3) is 2.52. The summed E-state index contributed by atoms with van der Waals surface area (Å²) in [5, 5.41) is 19.9. The predicted molar refractivity (Wildman–Crippen MR) is 74.3 cm³/mol. The van der Waals surface area contributed by atoms with E-state index in [4.69, 9.17) is 5.26 Å². The Morgan fingerprint density at radius 2 is 2.38 bits per heavy atom. The van der Waals surface area contributed by atoms with Crippen molar-refractivity contribution in [2.75, 3.05) is 0 Å². The summed E-state index contributed by atoms with van der Waals surface area (Å²) in [5.41, 5.74) is 0.805. The summed E-state index contributed by atoms with van der Waals surface area (Å²) >= 11 is 0. The molecule has 21 heavy (non-hydrogen) atoms. The number of rotatable bonds is 4. The molecule has 7 nitrogen and oxygen atoms in total. The topological polar surface area (TPSA) is 99.4 Å². The van der Waals surface area contributed by atoms with Crippen molar-refractivity contribution < 1.29 is 4.79 Å². The van der Waals surface area contributed by atoms with Gasteiger partial charge < -0.3 is 14.9 Å². The second kappa shape index (κ2) is 5.40. The van der Waals surface area contributed by atoms with Gasteiger partial charge in [0.05, 0.1) is 12.1 Å². The average Bonchev–Trinajstić information content (AvgIpc) is 3.03. The van der Waals surface area contributed by atoms with Crippen LogP contribution < -0.4 is 5.32 Å². The standard InChI is InChI=1S/C14H16N6O/c1-20-12(18-19-13(20)9-3-2-4-9)8-17-14(21)10-5-11(6-15)16-7-10/h5,7,9,16H,2-4,8H2,1H3,(H,17,21).